The van der Waals surface area contributed by atoms with Gasteiger partial charge in [-0.3, -0.25) is 0 Å². The second-order valence-electron chi connectivity index (χ2n) is 6.71. The van der Waals surface area contributed by atoms with Crippen molar-refractivity contribution in [2.75, 3.05) is 19.3 Å². The summed E-state index contributed by atoms with van der Waals surface area (Å²) in [5.41, 5.74) is 0.0102. The maximum atomic E-state index is 12.4. The van der Waals surface area contributed by atoms with Gasteiger partial charge in [-0.2, -0.15) is 11.8 Å². The molecule has 1 aliphatic rings. The molecule has 2 amide bonds. The first-order valence-electron chi connectivity index (χ1n) is 7.78. The van der Waals surface area contributed by atoms with E-state index in [9.17, 15) is 4.79 Å². The maximum Gasteiger partial charge on any atom is 0.317 e. The quantitative estimate of drug-likeness (QED) is 0.916. The van der Waals surface area contributed by atoms with Crippen LogP contribution < -0.4 is 5.32 Å². The van der Waals surface area contributed by atoms with Crippen LogP contribution in [0.25, 0.3) is 0 Å². The van der Waals surface area contributed by atoms with Crippen molar-refractivity contribution in [3.8, 4) is 0 Å². The minimum atomic E-state index is 0.0102. The van der Waals surface area contributed by atoms with Crippen LogP contribution in [0.15, 0.2) is 0 Å². The molecule has 1 aromatic heterocycles. The minimum Gasteiger partial charge on any atom is -0.331 e. The van der Waals surface area contributed by atoms with E-state index in [4.69, 9.17) is 0 Å². The lowest BCUT2D eigenvalue weighted by atomic mass is 9.98. The molecule has 0 spiro atoms. The molecule has 5 nitrogen and oxygen atoms in total. The number of amides is 2. The molecule has 0 radical (unpaired) electrons. The van der Waals surface area contributed by atoms with E-state index < -0.39 is 0 Å². The van der Waals surface area contributed by atoms with Gasteiger partial charge >= 0.3 is 6.03 Å². The normalized spacial score (nSPS) is 19.8. The van der Waals surface area contributed by atoms with Crippen molar-refractivity contribution >= 4 is 29.1 Å². The maximum absolute atomic E-state index is 12.4. The molecule has 1 aliphatic heterocycles. The Bertz CT molecular complexity index is 498. The topological polar surface area (TPSA) is 58.1 Å². The number of thioether (sulfide) groups is 1. The molecule has 1 saturated heterocycles. The number of aromatic nitrogens is 2. The predicted molar refractivity (Wildman–Crippen MR) is 93.6 cm³/mol. The van der Waals surface area contributed by atoms with Gasteiger partial charge < -0.3 is 10.2 Å². The Morgan fingerprint density at radius 3 is 2.82 bits per heavy atom. The van der Waals surface area contributed by atoms with E-state index in [1.54, 1.807) is 11.3 Å². The van der Waals surface area contributed by atoms with E-state index in [-0.39, 0.29) is 11.4 Å². The van der Waals surface area contributed by atoms with Gasteiger partial charge in [-0.1, -0.05) is 38.5 Å². The number of hydrogen-bond donors (Lipinski definition) is 1. The first kappa shape index (κ1) is 17.5. The van der Waals surface area contributed by atoms with Crippen LogP contribution in [-0.2, 0) is 12.0 Å². The van der Waals surface area contributed by atoms with E-state index in [0.29, 0.717) is 11.8 Å². The van der Waals surface area contributed by atoms with Crippen LogP contribution in [0.1, 0.15) is 50.0 Å². The highest BCUT2D eigenvalue weighted by Gasteiger charge is 2.22. The average molecular weight is 343 g/mol. The third-order valence-corrected chi connectivity index (χ3v) is 6.15. The summed E-state index contributed by atoms with van der Waals surface area (Å²) in [5.74, 6) is 0. The third kappa shape index (κ3) is 4.84. The number of urea groups is 1. The minimum absolute atomic E-state index is 0.0102. The molecule has 2 heterocycles. The molecule has 0 aromatic carbocycles. The second kappa shape index (κ2) is 7.64. The molecule has 0 saturated carbocycles. The van der Waals surface area contributed by atoms with Crippen LogP contribution in [0, 0.1) is 0 Å². The summed E-state index contributed by atoms with van der Waals surface area (Å²) in [6, 6.07) is 0.0217. The molecule has 22 heavy (non-hydrogen) atoms. The van der Waals surface area contributed by atoms with E-state index in [0.717, 1.165) is 29.5 Å². The highest BCUT2D eigenvalue weighted by Crippen LogP contribution is 2.25. The van der Waals surface area contributed by atoms with E-state index in [1.165, 1.54) is 12.8 Å². The molecule has 1 fully saturated rings. The molecule has 7 heteroatoms. The fraction of sp³-hybridized carbons (Fsp3) is 0.800. The third-order valence-electron chi connectivity index (χ3n) is 3.75. The zero-order valence-corrected chi connectivity index (χ0v) is 15.5. The zero-order valence-electron chi connectivity index (χ0n) is 13.9. The summed E-state index contributed by atoms with van der Waals surface area (Å²) >= 11 is 3.44. The van der Waals surface area contributed by atoms with Gasteiger partial charge in [0.1, 0.15) is 10.0 Å². The summed E-state index contributed by atoms with van der Waals surface area (Å²) in [6.07, 6.45) is 5.63. The molecule has 2 rings (SSSR count). The molecule has 124 valence electrons. The molecule has 1 N–H and O–H groups in total. The van der Waals surface area contributed by atoms with Gasteiger partial charge in [-0.15, -0.1) is 10.2 Å². The molecule has 0 unspecified atom stereocenters. The molecule has 0 bridgehead atoms. The van der Waals surface area contributed by atoms with Gasteiger partial charge in [0.2, 0.25) is 0 Å². The van der Waals surface area contributed by atoms with Crippen LogP contribution >= 0.6 is 23.1 Å². The van der Waals surface area contributed by atoms with Crippen molar-refractivity contribution in [1.29, 1.82) is 0 Å². The second-order valence-corrected chi connectivity index (χ2v) is 8.91. The van der Waals surface area contributed by atoms with Crippen molar-refractivity contribution < 1.29 is 4.79 Å². The van der Waals surface area contributed by atoms with Crippen molar-refractivity contribution in [3.63, 3.8) is 0 Å². The van der Waals surface area contributed by atoms with Gasteiger partial charge in [0.05, 0.1) is 6.54 Å². The average Bonchev–Trinajstić information content (AvgIpc) is 2.82. The van der Waals surface area contributed by atoms with Crippen molar-refractivity contribution in [3.05, 3.63) is 10.0 Å². The number of nitrogens with zero attached hydrogens (tertiary/aromatic N) is 3. The van der Waals surface area contributed by atoms with Crippen molar-refractivity contribution in [1.82, 2.24) is 20.4 Å². The Kier molecular flexibility index (Phi) is 6.09. The number of nitrogens with one attached hydrogen (secondary N) is 1. The van der Waals surface area contributed by atoms with Crippen LogP contribution in [0.3, 0.4) is 0 Å². The van der Waals surface area contributed by atoms with E-state index >= 15 is 0 Å². The Hall–Kier alpha value is -0.820. The lowest BCUT2D eigenvalue weighted by Gasteiger charge is -2.23. The monoisotopic (exact) mass is 342 g/mol. The van der Waals surface area contributed by atoms with E-state index in [1.807, 2.05) is 16.7 Å². The lowest BCUT2D eigenvalue weighted by Crippen LogP contribution is -2.42. The number of carbonyl (C=O) groups excluding carboxylic acids is 1. The first-order valence-corrected chi connectivity index (χ1v) is 9.89. The largest absolute Gasteiger partial charge is 0.331 e. The Balaban J connectivity index is 1.87. The SMILES string of the molecule is CS[C@H]1CCCCN(C(=O)NCc2nnc(C(C)(C)C)s2)C1. The lowest BCUT2D eigenvalue weighted by molar-refractivity contribution is 0.200. The predicted octanol–water partition coefficient (Wildman–Crippen LogP) is 3.26. The van der Waals surface area contributed by atoms with Crippen LogP contribution in [-0.4, -0.2) is 45.7 Å². The summed E-state index contributed by atoms with van der Waals surface area (Å²) in [4.78, 5) is 14.3. The standard InChI is InChI=1S/C15H26N4OS2/c1-15(2,3)13-18-17-12(22-13)9-16-14(20)19-8-6-5-7-11(10-19)21-4/h11H,5-10H2,1-4H3,(H,16,20)/t11-/m0/s1. The van der Waals surface area contributed by atoms with Gasteiger partial charge in [0, 0.05) is 23.8 Å². The zero-order chi connectivity index (χ0) is 16.2. The van der Waals surface area contributed by atoms with Gasteiger partial charge in [0.15, 0.2) is 0 Å². The number of carbonyl (C=O) groups is 1. The van der Waals surface area contributed by atoms with Gasteiger partial charge in [0.25, 0.3) is 0 Å². The number of likely N-dealkylation sites (tertiary alicyclic amines) is 1. The van der Waals surface area contributed by atoms with Gasteiger partial charge in [-0.25, -0.2) is 4.79 Å². The molecule has 0 aliphatic carbocycles. The molecular formula is C15H26N4OS2. The van der Waals surface area contributed by atoms with Crippen LogP contribution in [0.4, 0.5) is 4.79 Å². The first-order chi connectivity index (χ1) is 10.4. The molecular weight excluding hydrogens is 316 g/mol. The highest BCUT2D eigenvalue weighted by atomic mass is 32.2. The van der Waals surface area contributed by atoms with Crippen LogP contribution in [0.2, 0.25) is 0 Å². The summed E-state index contributed by atoms with van der Waals surface area (Å²) in [6.45, 7) is 8.52. The molecule has 1 atom stereocenters. The fourth-order valence-corrected chi connectivity index (χ4v) is 3.94. The summed E-state index contributed by atoms with van der Waals surface area (Å²) < 4.78 is 0. The van der Waals surface area contributed by atoms with Crippen LogP contribution in [0.5, 0.6) is 0 Å². The van der Waals surface area contributed by atoms with Gasteiger partial charge in [-0.05, 0) is 19.1 Å². The van der Waals surface area contributed by atoms with Crippen molar-refractivity contribution in [2.45, 2.75) is 57.2 Å². The number of hydrogen-bond acceptors (Lipinski definition) is 5. The fourth-order valence-electron chi connectivity index (χ4n) is 2.37. The van der Waals surface area contributed by atoms with E-state index in [2.05, 4.69) is 42.5 Å². The Labute approximate surface area is 141 Å². The van der Waals surface area contributed by atoms with Crippen molar-refractivity contribution in [2.24, 2.45) is 0 Å². The summed E-state index contributed by atoms with van der Waals surface area (Å²) in [7, 11) is 0. The highest BCUT2D eigenvalue weighted by molar-refractivity contribution is 7.99. The smallest absolute Gasteiger partial charge is 0.317 e. The Morgan fingerprint density at radius 1 is 1.41 bits per heavy atom. The summed E-state index contributed by atoms with van der Waals surface area (Å²) in [5, 5.41) is 13.8. The number of rotatable bonds is 3. The Morgan fingerprint density at radius 2 is 2.18 bits per heavy atom. The molecule has 1 aromatic rings.